The summed E-state index contributed by atoms with van der Waals surface area (Å²) < 4.78 is 2.11. The molecule has 1 fully saturated rings. The lowest BCUT2D eigenvalue weighted by Crippen LogP contribution is -2.37. The number of aromatic nitrogens is 2. The Kier molecular flexibility index (Phi) is 6.87. The summed E-state index contributed by atoms with van der Waals surface area (Å²) in [6.45, 7) is 9.61. The molecular weight excluding hydrogens is 314 g/mol. The number of fused-ring (bicyclic) bond motifs is 1. The molecule has 0 saturated carbocycles. The first kappa shape index (κ1) is 18.4. The van der Waals surface area contributed by atoms with Crippen LogP contribution in [0.25, 0.3) is 0 Å². The molecule has 1 saturated heterocycles. The minimum atomic E-state index is 0.123. The van der Waals surface area contributed by atoms with Crippen LogP contribution in [-0.2, 0) is 24.4 Å². The third-order valence-electron chi connectivity index (χ3n) is 5.29. The van der Waals surface area contributed by atoms with Gasteiger partial charge in [-0.15, -0.1) is 0 Å². The summed E-state index contributed by atoms with van der Waals surface area (Å²) >= 11 is 0. The van der Waals surface area contributed by atoms with Gasteiger partial charge in [0.05, 0.1) is 31.0 Å². The Balaban J connectivity index is 1.44. The van der Waals surface area contributed by atoms with Crippen molar-refractivity contribution < 1.29 is 4.79 Å². The molecule has 2 aliphatic rings. The van der Waals surface area contributed by atoms with Crippen LogP contribution in [0.3, 0.4) is 0 Å². The first-order valence-corrected chi connectivity index (χ1v) is 10.0. The summed E-state index contributed by atoms with van der Waals surface area (Å²) in [4.78, 5) is 17.0. The minimum absolute atomic E-state index is 0.123. The predicted octanol–water partition coefficient (Wildman–Crippen LogP) is 1.99. The van der Waals surface area contributed by atoms with E-state index < -0.39 is 0 Å². The monoisotopic (exact) mass is 347 g/mol. The first-order chi connectivity index (χ1) is 12.2. The Morgan fingerprint density at radius 1 is 1.12 bits per heavy atom. The van der Waals surface area contributed by atoms with Gasteiger partial charge in [0.2, 0.25) is 5.91 Å². The quantitative estimate of drug-likeness (QED) is 0.820. The number of likely N-dealkylation sites (tertiary alicyclic amines) is 1. The van der Waals surface area contributed by atoms with Crippen LogP contribution in [0.5, 0.6) is 0 Å². The third-order valence-corrected chi connectivity index (χ3v) is 5.29. The molecule has 1 N–H and O–H groups in total. The zero-order chi connectivity index (χ0) is 17.5. The second-order valence-corrected chi connectivity index (χ2v) is 7.45. The van der Waals surface area contributed by atoms with Gasteiger partial charge in [0.15, 0.2) is 0 Å². The van der Waals surface area contributed by atoms with Crippen LogP contribution >= 0.6 is 0 Å². The fourth-order valence-corrected chi connectivity index (χ4v) is 3.78. The van der Waals surface area contributed by atoms with Gasteiger partial charge in [-0.25, -0.2) is 0 Å². The Morgan fingerprint density at radius 2 is 1.92 bits per heavy atom. The highest BCUT2D eigenvalue weighted by Gasteiger charge is 2.18. The van der Waals surface area contributed by atoms with E-state index in [0.29, 0.717) is 13.1 Å². The van der Waals surface area contributed by atoms with E-state index >= 15 is 0 Å². The minimum Gasteiger partial charge on any atom is -0.349 e. The standard InChI is InChI=1S/C19H33N5O/c1-2-3-8-23-11-12-24-18(15-23)13-17(21-24)14-20-19(25)16-22-9-6-4-5-7-10-22/h13H,2-12,14-16H2,1H3,(H,20,25). The number of amides is 1. The zero-order valence-corrected chi connectivity index (χ0v) is 15.7. The average Bonchev–Trinajstić information content (AvgIpc) is 2.85. The molecule has 0 aromatic carbocycles. The van der Waals surface area contributed by atoms with Crippen LogP contribution in [-0.4, -0.2) is 58.2 Å². The molecule has 0 aliphatic carbocycles. The molecule has 1 amide bonds. The average molecular weight is 348 g/mol. The summed E-state index contributed by atoms with van der Waals surface area (Å²) in [7, 11) is 0. The number of nitrogens with zero attached hydrogens (tertiary/aromatic N) is 4. The first-order valence-electron chi connectivity index (χ1n) is 10.0. The summed E-state index contributed by atoms with van der Waals surface area (Å²) in [6.07, 6.45) is 7.53. The number of hydrogen-bond acceptors (Lipinski definition) is 4. The summed E-state index contributed by atoms with van der Waals surface area (Å²) in [6, 6.07) is 2.16. The van der Waals surface area contributed by atoms with Gasteiger partial charge < -0.3 is 5.32 Å². The Labute approximate surface area is 151 Å². The van der Waals surface area contributed by atoms with Gasteiger partial charge in [-0.2, -0.15) is 5.10 Å². The number of carbonyl (C=O) groups is 1. The largest absolute Gasteiger partial charge is 0.349 e. The van der Waals surface area contributed by atoms with Gasteiger partial charge in [-0.1, -0.05) is 26.2 Å². The van der Waals surface area contributed by atoms with Gasteiger partial charge in [0.1, 0.15) is 0 Å². The smallest absolute Gasteiger partial charge is 0.234 e. The second kappa shape index (κ2) is 9.34. The number of rotatable bonds is 7. The predicted molar refractivity (Wildman–Crippen MR) is 99.2 cm³/mol. The molecule has 1 aromatic rings. The van der Waals surface area contributed by atoms with Crippen LogP contribution in [0.15, 0.2) is 6.07 Å². The van der Waals surface area contributed by atoms with E-state index in [0.717, 1.165) is 38.4 Å². The molecule has 0 radical (unpaired) electrons. The van der Waals surface area contributed by atoms with Crippen LogP contribution in [0, 0.1) is 0 Å². The lowest BCUT2D eigenvalue weighted by Gasteiger charge is -2.27. The summed E-state index contributed by atoms with van der Waals surface area (Å²) in [5.74, 6) is 0.123. The van der Waals surface area contributed by atoms with Gasteiger partial charge in [0.25, 0.3) is 0 Å². The highest BCUT2D eigenvalue weighted by molar-refractivity contribution is 5.77. The van der Waals surface area contributed by atoms with Crippen molar-refractivity contribution in [2.75, 3.05) is 32.7 Å². The molecule has 0 unspecified atom stereocenters. The lowest BCUT2D eigenvalue weighted by molar-refractivity contribution is -0.122. The second-order valence-electron chi connectivity index (χ2n) is 7.45. The fraction of sp³-hybridized carbons (Fsp3) is 0.789. The molecule has 3 heterocycles. The normalized spacial score (nSPS) is 19.4. The molecule has 6 nitrogen and oxygen atoms in total. The Bertz CT molecular complexity index is 548. The molecule has 3 rings (SSSR count). The maximum Gasteiger partial charge on any atom is 0.234 e. The molecule has 1 aromatic heterocycles. The van der Waals surface area contributed by atoms with Crippen molar-refractivity contribution >= 4 is 5.91 Å². The van der Waals surface area contributed by atoms with Crippen LogP contribution in [0.1, 0.15) is 56.8 Å². The van der Waals surface area contributed by atoms with Gasteiger partial charge in [-0.3, -0.25) is 19.3 Å². The van der Waals surface area contributed by atoms with Gasteiger partial charge in [0, 0.05) is 13.1 Å². The summed E-state index contributed by atoms with van der Waals surface area (Å²) in [5, 5.41) is 7.71. The van der Waals surface area contributed by atoms with Crippen LogP contribution in [0.2, 0.25) is 0 Å². The van der Waals surface area contributed by atoms with E-state index in [1.54, 1.807) is 0 Å². The molecule has 25 heavy (non-hydrogen) atoms. The third kappa shape index (κ3) is 5.54. The Morgan fingerprint density at radius 3 is 2.68 bits per heavy atom. The topological polar surface area (TPSA) is 53.4 Å². The fourth-order valence-electron chi connectivity index (χ4n) is 3.78. The highest BCUT2D eigenvalue weighted by Crippen LogP contribution is 2.14. The molecule has 0 atom stereocenters. The summed E-state index contributed by atoms with van der Waals surface area (Å²) in [5.41, 5.74) is 2.26. The SMILES string of the molecule is CCCCN1CCn2nc(CNC(=O)CN3CCCCCC3)cc2C1. The van der Waals surface area contributed by atoms with Crippen molar-refractivity contribution in [1.29, 1.82) is 0 Å². The van der Waals surface area contributed by atoms with Crippen LogP contribution in [0.4, 0.5) is 0 Å². The number of unbranched alkanes of at least 4 members (excludes halogenated alkanes) is 1. The number of hydrogen-bond donors (Lipinski definition) is 1. The van der Waals surface area contributed by atoms with Gasteiger partial charge >= 0.3 is 0 Å². The zero-order valence-electron chi connectivity index (χ0n) is 15.7. The van der Waals surface area contributed by atoms with Crippen molar-refractivity contribution in [3.8, 4) is 0 Å². The van der Waals surface area contributed by atoms with Crippen molar-refractivity contribution in [2.45, 2.75) is 65.1 Å². The molecule has 140 valence electrons. The van der Waals surface area contributed by atoms with Crippen molar-refractivity contribution in [1.82, 2.24) is 24.9 Å². The Hall–Kier alpha value is -1.40. The van der Waals surface area contributed by atoms with Crippen molar-refractivity contribution in [3.05, 3.63) is 17.5 Å². The highest BCUT2D eigenvalue weighted by atomic mass is 16.2. The maximum atomic E-state index is 12.2. The van der Waals surface area contributed by atoms with E-state index in [1.165, 1.54) is 50.8 Å². The van der Waals surface area contributed by atoms with E-state index in [9.17, 15) is 4.79 Å². The molecule has 6 heteroatoms. The number of nitrogens with one attached hydrogen (secondary N) is 1. The van der Waals surface area contributed by atoms with Crippen LogP contribution < -0.4 is 5.32 Å². The maximum absolute atomic E-state index is 12.2. The van der Waals surface area contributed by atoms with Crippen molar-refractivity contribution in [2.24, 2.45) is 0 Å². The van der Waals surface area contributed by atoms with E-state index in [1.807, 2.05) is 0 Å². The molecule has 0 spiro atoms. The number of carbonyl (C=O) groups excluding carboxylic acids is 1. The molecule has 2 aliphatic heterocycles. The van der Waals surface area contributed by atoms with Crippen molar-refractivity contribution in [3.63, 3.8) is 0 Å². The molecular formula is C19H33N5O. The molecule has 0 bridgehead atoms. The van der Waals surface area contributed by atoms with E-state index in [4.69, 9.17) is 0 Å². The van der Waals surface area contributed by atoms with Gasteiger partial charge in [-0.05, 0) is 45.0 Å². The van der Waals surface area contributed by atoms with E-state index in [-0.39, 0.29) is 5.91 Å². The van der Waals surface area contributed by atoms with E-state index in [2.05, 4.69) is 37.9 Å². The lowest BCUT2D eigenvalue weighted by atomic mass is 10.2.